The molecule has 3 aliphatic rings. The first-order chi connectivity index (χ1) is 9.86. The number of hydrogen-bond donors (Lipinski definition) is 1. The minimum absolute atomic E-state index is 0.785. The Labute approximate surface area is 125 Å². The van der Waals surface area contributed by atoms with Gasteiger partial charge >= 0.3 is 0 Å². The molecule has 0 bridgehead atoms. The molecule has 0 spiro atoms. The van der Waals surface area contributed by atoms with E-state index in [1.165, 1.54) is 83.8 Å². The van der Waals surface area contributed by atoms with Crippen LogP contribution in [-0.4, -0.2) is 36.6 Å². The van der Waals surface area contributed by atoms with Crippen molar-refractivity contribution < 1.29 is 0 Å². The Hall–Kier alpha value is -0.0800. The van der Waals surface area contributed by atoms with Gasteiger partial charge in [0, 0.05) is 18.6 Å². The van der Waals surface area contributed by atoms with E-state index in [0.29, 0.717) is 0 Å². The molecule has 3 rings (SSSR count). The Morgan fingerprint density at radius 1 is 1.00 bits per heavy atom. The van der Waals surface area contributed by atoms with Crippen molar-refractivity contribution in [2.75, 3.05) is 19.6 Å². The standard InChI is InChI=1S/C18H34N2/c1-2-3-12-20(14-17-7-5-11-19-17)18-8-4-6-16(13-18)15-9-10-15/h15-19H,2-14H2,1H3. The number of hydrogen-bond acceptors (Lipinski definition) is 2. The third kappa shape index (κ3) is 3.98. The van der Waals surface area contributed by atoms with Crippen LogP contribution in [0.5, 0.6) is 0 Å². The molecular formula is C18H34N2. The predicted molar refractivity (Wildman–Crippen MR) is 86.0 cm³/mol. The molecule has 0 aromatic rings. The highest BCUT2D eigenvalue weighted by molar-refractivity contribution is 4.90. The van der Waals surface area contributed by atoms with Crippen molar-refractivity contribution in [2.24, 2.45) is 11.8 Å². The van der Waals surface area contributed by atoms with Gasteiger partial charge in [-0.3, -0.25) is 4.90 Å². The lowest BCUT2D eigenvalue weighted by molar-refractivity contribution is 0.112. The van der Waals surface area contributed by atoms with Crippen LogP contribution >= 0.6 is 0 Å². The summed E-state index contributed by atoms with van der Waals surface area (Å²) in [5, 5.41) is 3.71. The van der Waals surface area contributed by atoms with Crippen LogP contribution in [0.1, 0.15) is 71.1 Å². The second kappa shape index (κ2) is 7.26. The van der Waals surface area contributed by atoms with Gasteiger partial charge in [-0.1, -0.05) is 26.2 Å². The number of nitrogens with one attached hydrogen (secondary N) is 1. The summed E-state index contributed by atoms with van der Waals surface area (Å²) in [5.74, 6) is 2.20. The fourth-order valence-corrected chi connectivity index (χ4v) is 4.51. The molecule has 0 aromatic heterocycles. The molecule has 2 aliphatic carbocycles. The molecule has 1 heterocycles. The summed E-state index contributed by atoms with van der Waals surface area (Å²) >= 11 is 0. The molecule has 2 heteroatoms. The van der Waals surface area contributed by atoms with Crippen LogP contribution in [0.3, 0.4) is 0 Å². The van der Waals surface area contributed by atoms with Crippen molar-refractivity contribution in [1.82, 2.24) is 10.2 Å². The van der Waals surface area contributed by atoms with E-state index in [1.54, 1.807) is 0 Å². The summed E-state index contributed by atoms with van der Waals surface area (Å²) in [6, 6.07) is 1.69. The Morgan fingerprint density at radius 3 is 2.60 bits per heavy atom. The zero-order valence-corrected chi connectivity index (χ0v) is 13.4. The van der Waals surface area contributed by atoms with E-state index >= 15 is 0 Å². The van der Waals surface area contributed by atoms with E-state index in [-0.39, 0.29) is 0 Å². The largest absolute Gasteiger partial charge is 0.313 e. The van der Waals surface area contributed by atoms with E-state index in [0.717, 1.165) is 23.9 Å². The van der Waals surface area contributed by atoms with E-state index in [9.17, 15) is 0 Å². The van der Waals surface area contributed by atoms with E-state index < -0.39 is 0 Å². The quantitative estimate of drug-likeness (QED) is 0.762. The Morgan fingerprint density at radius 2 is 1.90 bits per heavy atom. The van der Waals surface area contributed by atoms with Crippen molar-refractivity contribution in [2.45, 2.75) is 83.2 Å². The van der Waals surface area contributed by atoms with Gasteiger partial charge in [0.15, 0.2) is 0 Å². The topological polar surface area (TPSA) is 15.3 Å². The van der Waals surface area contributed by atoms with Gasteiger partial charge in [-0.15, -0.1) is 0 Å². The summed E-state index contributed by atoms with van der Waals surface area (Å²) in [7, 11) is 0. The summed E-state index contributed by atoms with van der Waals surface area (Å²) in [6.45, 7) is 6.25. The Balaban J connectivity index is 1.54. The highest BCUT2D eigenvalue weighted by atomic mass is 15.2. The van der Waals surface area contributed by atoms with Gasteiger partial charge in [0.05, 0.1) is 0 Å². The van der Waals surface area contributed by atoms with Crippen LogP contribution in [0.4, 0.5) is 0 Å². The maximum absolute atomic E-state index is 3.71. The molecule has 2 nitrogen and oxygen atoms in total. The lowest BCUT2D eigenvalue weighted by Gasteiger charge is -2.39. The van der Waals surface area contributed by atoms with Gasteiger partial charge in [-0.2, -0.15) is 0 Å². The zero-order chi connectivity index (χ0) is 13.8. The highest BCUT2D eigenvalue weighted by Gasteiger charge is 2.36. The van der Waals surface area contributed by atoms with Gasteiger partial charge in [-0.05, 0) is 69.9 Å². The lowest BCUT2D eigenvalue weighted by atomic mass is 9.82. The van der Waals surface area contributed by atoms with E-state index in [2.05, 4.69) is 17.1 Å². The minimum atomic E-state index is 0.785. The van der Waals surface area contributed by atoms with Crippen LogP contribution in [0.25, 0.3) is 0 Å². The summed E-state index contributed by atoms with van der Waals surface area (Å²) in [4.78, 5) is 2.88. The molecule has 116 valence electrons. The van der Waals surface area contributed by atoms with Crippen molar-refractivity contribution in [3.63, 3.8) is 0 Å². The first-order valence-electron chi connectivity index (χ1n) is 9.34. The third-order valence-electron chi connectivity index (χ3n) is 5.91. The van der Waals surface area contributed by atoms with Gasteiger partial charge in [0.1, 0.15) is 0 Å². The first-order valence-corrected chi connectivity index (χ1v) is 9.34. The molecule has 0 aromatic carbocycles. The summed E-state index contributed by atoms with van der Waals surface area (Å²) in [6.07, 6.45) is 14.6. The SMILES string of the molecule is CCCCN(CC1CCCN1)C1CCCC(C2CC2)C1. The fraction of sp³-hybridized carbons (Fsp3) is 1.00. The monoisotopic (exact) mass is 278 g/mol. The highest BCUT2D eigenvalue weighted by Crippen LogP contribution is 2.44. The van der Waals surface area contributed by atoms with Crippen molar-refractivity contribution in [3.8, 4) is 0 Å². The van der Waals surface area contributed by atoms with E-state index in [1.807, 2.05) is 0 Å². The lowest BCUT2D eigenvalue weighted by Crippen LogP contribution is -2.45. The van der Waals surface area contributed by atoms with Gasteiger partial charge in [0.25, 0.3) is 0 Å². The first kappa shape index (κ1) is 14.8. The Kier molecular flexibility index (Phi) is 5.39. The number of rotatable bonds is 7. The molecule has 20 heavy (non-hydrogen) atoms. The molecule has 1 saturated heterocycles. The van der Waals surface area contributed by atoms with Crippen molar-refractivity contribution in [1.29, 1.82) is 0 Å². The molecular weight excluding hydrogens is 244 g/mol. The van der Waals surface area contributed by atoms with Crippen LogP contribution in [0.2, 0.25) is 0 Å². The van der Waals surface area contributed by atoms with Crippen LogP contribution in [0.15, 0.2) is 0 Å². The third-order valence-corrected chi connectivity index (χ3v) is 5.91. The van der Waals surface area contributed by atoms with Crippen LogP contribution in [-0.2, 0) is 0 Å². The maximum atomic E-state index is 3.71. The molecule has 3 atom stereocenters. The fourth-order valence-electron chi connectivity index (χ4n) is 4.51. The van der Waals surface area contributed by atoms with Crippen LogP contribution in [0, 0.1) is 11.8 Å². The second-order valence-electron chi connectivity index (χ2n) is 7.56. The maximum Gasteiger partial charge on any atom is 0.0195 e. The molecule has 1 N–H and O–H groups in total. The van der Waals surface area contributed by atoms with Crippen molar-refractivity contribution >= 4 is 0 Å². The van der Waals surface area contributed by atoms with Crippen LogP contribution < -0.4 is 5.32 Å². The molecule has 0 amide bonds. The van der Waals surface area contributed by atoms with Gasteiger partial charge in [0.2, 0.25) is 0 Å². The Bertz CT molecular complexity index is 281. The molecule has 3 fully saturated rings. The predicted octanol–water partition coefficient (Wildman–Crippen LogP) is 3.81. The van der Waals surface area contributed by atoms with E-state index in [4.69, 9.17) is 0 Å². The molecule has 0 radical (unpaired) electrons. The van der Waals surface area contributed by atoms with Crippen molar-refractivity contribution in [3.05, 3.63) is 0 Å². The zero-order valence-electron chi connectivity index (χ0n) is 13.4. The minimum Gasteiger partial charge on any atom is -0.313 e. The number of unbranched alkanes of at least 4 members (excludes halogenated alkanes) is 1. The average molecular weight is 278 g/mol. The second-order valence-corrected chi connectivity index (χ2v) is 7.56. The summed E-state index contributed by atoms with van der Waals surface area (Å²) in [5.41, 5.74) is 0. The molecule has 1 aliphatic heterocycles. The average Bonchev–Trinajstić information content (AvgIpc) is 3.21. The normalized spacial score (nSPS) is 34.8. The van der Waals surface area contributed by atoms with Gasteiger partial charge < -0.3 is 5.32 Å². The molecule has 3 unspecified atom stereocenters. The summed E-state index contributed by atoms with van der Waals surface area (Å²) < 4.78 is 0. The smallest absolute Gasteiger partial charge is 0.0195 e. The molecule has 2 saturated carbocycles. The number of nitrogens with zero attached hydrogens (tertiary/aromatic N) is 1. The van der Waals surface area contributed by atoms with Gasteiger partial charge in [-0.25, -0.2) is 0 Å².